The van der Waals surface area contributed by atoms with Crippen LogP contribution in [0.1, 0.15) is 23.0 Å². The Kier molecular flexibility index (Phi) is 2.38. The Labute approximate surface area is 81.5 Å². The maximum Gasteiger partial charge on any atom is 0.136 e. The van der Waals surface area contributed by atoms with Gasteiger partial charge in [-0.15, -0.1) is 11.3 Å². The summed E-state index contributed by atoms with van der Waals surface area (Å²) in [5.41, 5.74) is 0.940. The molecule has 0 amide bonds. The van der Waals surface area contributed by atoms with Crippen molar-refractivity contribution in [3.8, 4) is 0 Å². The predicted molar refractivity (Wildman–Crippen MR) is 52.7 cm³/mol. The molecule has 70 valence electrons. The van der Waals surface area contributed by atoms with Crippen LogP contribution in [0, 0.1) is 6.92 Å². The van der Waals surface area contributed by atoms with Gasteiger partial charge in [0.25, 0.3) is 0 Å². The van der Waals surface area contributed by atoms with E-state index < -0.39 is 6.10 Å². The van der Waals surface area contributed by atoms with Gasteiger partial charge in [0.05, 0.1) is 6.61 Å². The van der Waals surface area contributed by atoms with E-state index in [1.807, 2.05) is 24.4 Å². The molecule has 3 heteroatoms. The minimum atomic E-state index is -0.563. The molecule has 0 fully saturated rings. The van der Waals surface area contributed by atoms with Gasteiger partial charge >= 0.3 is 0 Å². The zero-order valence-electron chi connectivity index (χ0n) is 7.49. The molecule has 1 aromatic heterocycles. The van der Waals surface area contributed by atoms with Gasteiger partial charge in [-0.1, -0.05) is 0 Å². The Bertz CT molecular complexity index is 327. The van der Waals surface area contributed by atoms with Crippen LogP contribution in [0.2, 0.25) is 0 Å². The molecule has 1 aliphatic rings. The number of rotatable bonds is 2. The SMILES string of the molecule is Cc1cc(C(O)C2=CCCO2)cs1. The molecule has 0 saturated carbocycles. The van der Waals surface area contributed by atoms with Crippen LogP contribution in [0.4, 0.5) is 0 Å². The molecule has 0 radical (unpaired) electrons. The van der Waals surface area contributed by atoms with Crippen molar-refractivity contribution in [1.29, 1.82) is 0 Å². The fraction of sp³-hybridized carbons (Fsp3) is 0.400. The Balaban J connectivity index is 2.16. The van der Waals surface area contributed by atoms with Gasteiger partial charge in [0.2, 0.25) is 0 Å². The monoisotopic (exact) mass is 196 g/mol. The predicted octanol–water partition coefficient (Wildman–Crippen LogP) is 2.39. The molecule has 0 aliphatic carbocycles. The molecule has 13 heavy (non-hydrogen) atoms. The average Bonchev–Trinajstić information content (AvgIpc) is 2.72. The van der Waals surface area contributed by atoms with Crippen LogP contribution in [0.15, 0.2) is 23.3 Å². The van der Waals surface area contributed by atoms with E-state index >= 15 is 0 Å². The number of thiophene rings is 1. The summed E-state index contributed by atoms with van der Waals surface area (Å²) < 4.78 is 5.29. The molecule has 0 saturated heterocycles. The normalized spacial score (nSPS) is 18.2. The van der Waals surface area contributed by atoms with Crippen LogP contribution in [0.25, 0.3) is 0 Å². The molecular formula is C10H12O2S. The van der Waals surface area contributed by atoms with Crippen LogP contribution < -0.4 is 0 Å². The fourth-order valence-corrected chi connectivity index (χ4v) is 2.12. The van der Waals surface area contributed by atoms with Crippen molar-refractivity contribution in [2.75, 3.05) is 6.61 Å². The van der Waals surface area contributed by atoms with Gasteiger partial charge in [-0.2, -0.15) is 0 Å². The lowest BCUT2D eigenvalue weighted by Crippen LogP contribution is -2.00. The van der Waals surface area contributed by atoms with Gasteiger partial charge in [-0.25, -0.2) is 0 Å². The lowest BCUT2D eigenvalue weighted by atomic mass is 10.1. The van der Waals surface area contributed by atoms with Crippen molar-refractivity contribution in [2.45, 2.75) is 19.4 Å². The van der Waals surface area contributed by atoms with Crippen molar-refractivity contribution in [1.82, 2.24) is 0 Å². The van der Waals surface area contributed by atoms with E-state index in [1.54, 1.807) is 11.3 Å². The van der Waals surface area contributed by atoms with Gasteiger partial charge < -0.3 is 9.84 Å². The summed E-state index contributed by atoms with van der Waals surface area (Å²) >= 11 is 1.65. The highest BCUT2D eigenvalue weighted by Gasteiger charge is 2.18. The molecule has 1 aliphatic heterocycles. The van der Waals surface area contributed by atoms with E-state index in [1.165, 1.54) is 4.88 Å². The fourth-order valence-electron chi connectivity index (χ4n) is 1.40. The molecule has 1 aromatic rings. The molecule has 2 heterocycles. The summed E-state index contributed by atoms with van der Waals surface area (Å²) in [5.74, 6) is 0.706. The van der Waals surface area contributed by atoms with Crippen LogP contribution >= 0.6 is 11.3 Å². The average molecular weight is 196 g/mol. The zero-order chi connectivity index (χ0) is 9.26. The highest BCUT2D eigenvalue weighted by molar-refractivity contribution is 7.10. The van der Waals surface area contributed by atoms with Gasteiger partial charge in [0.1, 0.15) is 11.9 Å². The smallest absolute Gasteiger partial charge is 0.136 e. The third-order valence-electron chi connectivity index (χ3n) is 2.07. The number of aliphatic hydroxyl groups is 1. The molecule has 0 aromatic carbocycles. The summed E-state index contributed by atoms with van der Waals surface area (Å²) in [5, 5.41) is 11.8. The van der Waals surface area contributed by atoms with E-state index in [0.29, 0.717) is 12.4 Å². The van der Waals surface area contributed by atoms with Gasteiger partial charge in [0.15, 0.2) is 0 Å². The van der Waals surface area contributed by atoms with E-state index in [4.69, 9.17) is 4.74 Å². The van der Waals surface area contributed by atoms with Crippen LogP contribution in [0.5, 0.6) is 0 Å². The highest BCUT2D eigenvalue weighted by atomic mass is 32.1. The Morgan fingerprint density at radius 2 is 2.46 bits per heavy atom. The molecule has 1 atom stereocenters. The number of hydrogen-bond acceptors (Lipinski definition) is 3. The summed E-state index contributed by atoms with van der Waals surface area (Å²) in [6.45, 7) is 2.74. The van der Waals surface area contributed by atoms with Crippen molar-refractivity contribution in [3.63, 3.8) is 0 Å². The number of aliphatic hydroxyl groups excluding tert-OH is 1. The van der Waals surface area contributed by atoms with Crippen LogP contribution in [-0.4, -0.2) is 11.7 Å². The maximum atomic E-state index is 9.85. The lowest BCUT2D eigenvalue weighted by Gasteiger charge is -2.09. The van der Waals surface area contributed by atoms with Gasteiger partial charge in [-0.3, -0.25) is 0 Å². The molecule has 0 bridgehead atoms. The van der Waals surface area contributed by atoms with Gasteiger partial charge in [-0.05, 0) is 30.0 Å². The largest absolute Gasteiger partial charge is 0.495 e. The van der Waals surface area contributed by atoms with E-state index in [2.05, 4.69) is 0 Å². The summed E-state index contributed by atoms with van der Waals surface area (Å²) in [6, 6.07) is 2.00. The third kappa shape index (κ3) is 1.76. The number of hydrogen-bond donors (Lipinski definition) is 1. The Morgan fingerprint density at radius 3 is 3.00 bits per heavy atom. The molecule has 1 N–H and O–H groups in total. The molecular weight excluding hydrogens is 184 g/mol. The van der Waals surface area contributed by atoms with Crippen molar-refractivity contribution in [3.05, 3.63) is 33.7 Å². The highest BCUT2D eigenvalue weighted by Crippen LogP contribution is 2.28. The Morgan fingerprint density at radius 1 is 1.62 bits per heavy atom. The minimum absolute atomic E-state index is 0.563. The summed E-state index contributed by atoms with van der Waals surface area (Å²) in [7, 11) is 0. The van der Waals surface area contributed by atoms with E-state index in [-0.39, 0.29) is 0 Å². The van der Waals surface area contributed by atoms with E-state index in [9.17, 15) is 5.11 Å². The molecule has 0 spiro atoms. The first-order valence-corrected chi connectivity index (χ1v) is 5.21. The Hall–Kier alpha value is -0.800. The molecule has 1 unspecified atom stereocenters. The molecule has 2 nitrogen and oxygen atoms in total. The standard InChI is InChI=1S/C10H12O2S/c1-7-5-8(6-13-7)10(11)9-3-2-4-12-9/h3,5-6,10-11H,2,4H2,1H3. The topological polar surface area (TPSA) is 29.5 Å². The first-order chi connectivity index (χ1) is 6.27. The van der Waals surface area contributed by atoms with Crippen molar-refractivity contribution >= 4 is 11.3 Å². The van der Waals surface area contributed by atoms with Crippen molar-refractivity contribution < 1.29 is 9.84 Å². The quantitative estimate of drug-likeness (QED) is 0.787. The number of ether oxygens (including phenoxy) is 1. The first-order valence-electron chi connectivity index (χ1n) is 4.33. The summed E-state index contributed by atoms with van der Waals surface area (Å²) in [6.07, 6.45) is 2.31. The van der Waals surface area contributed by atoms with Gasteiger partial charge in [0, 0.05) is 11.3 Å². The number of aryl methyl sites for hydroxylation is 1. The minimum Gasteiger partial charge on any atom is -0.495 e. The molecule has 2 rings (SSSR count). The second-order valence-corrected chi connectivity index (χ2v) is 4.25. The zero-order valence-corrected chi connectivity index (χ0v) is 8.30. The second kappa shape index (κ2) is 3.52. The summed E-state index contributed by atoms with van der Waals surface area (Å²) in [4.78, 5) is 1.22. The second-order valence-electron chi connectivity index (χ2n) is 3.14. The van der Waals surface area contributed by atoms with Crippen LogP contribution in [-0.2, 0) is 4.74 Å². The maximum absolute atomic E-state index is 9.85. The lowest BCUT2D eigenvalue weighted by molar-refractivity contribution is 0.119. The third-order valence-corrected chi connectivity index (χ3v) is 2.95. The van der Waals surface area contributed by atoms with E-state index in [0.717, 1.165) is 12.0 Å². The van der Waals surface area contributed by atoms with Crippen molar-refractivity contribution in [2.24, 2.45) is 0 Å². The first kappa shape index (κ1) is 8.78. The van der Waals surface area contributed by atoms with Crippen LogP contribution in [0.3, 0.4) is 0 Å².